The lowest BCUT2D eigenvalue weighted by Crippen LogP contribution is -2.12. The van der Waals surface area contributed by atoms with Crippen LogP contribution in [0.3, 0.4) is 0 Å². The normalized spacial score (nSPS) is 12.4. The highest BCUT2D eigenvalue weighted by Crippen LogP contribution is 2.34. The maximum Gasteiger partial charge on any atom is 0.202 e. The molecule has 0 aliphatic carbocycles. The third-order valence-electron chi connectivity index (χ3n) is 2.60. The van der Waals surface area contributed by atoms with Crippen molar-refractivity contribution in [3.8, 4) is 0 Å². The summed E-state index contributed by atoms with van der Waals surface area (Å²) in [6, 6.07) is 5.28. The van der Waals surface area contributed by atoms with E-state index in [1.165, 1.54) is 0 Å². The minimum atomic E-state index is -0.394. The highest BCUT2D eigenvalue weighted by Gasteiger charge is 2.24. The first-order valence-corrected chi connectivity index (χ1v) is 5.49. The first kappa shape index (κ1) is 12.4. The molecule has 18 heavy (non-hydrogen) atoms. The minimum Gasteiger partial charge on any atom is -0.466 e. The number of carbonyl (C=O) groups excluding carboxylic acids is 1. The quantitative estimate of drug-likeness (QED) is 0.762. The molecule has 5 heteroatoms. The van der Waals surface area contributed by atoms with Crippen molar-refractivity contribution in [2.45, 2.75) is 6.10 Å². The summed E-state index contributed by atoms with van der Waals surface area (Å²) >= 11 is 0. The van der Waals surface area contributed by atoms with Crippen molar-refractivity contribution in [2.75, 3.05) is 26.1 Å². The van der Waals surface area contributed by atoms with Crippen LogP contribution in [0, 0.1) is 0 Å². The highest BCUT2D eigenvalue weighted by molar-refractivity contribution is 5.73. The molecule has 1 atom stereocenters. The van der Waals surface area contributed by atoms with E-state index in [1.807, 2.05) is 20.2 Å². The molecule has 0 spiro atoms. The van der Waals surface area contributed by atoms with Gasteiger partial charge in [-0.2, -0.15) is 0 Å². The Bertz CT molecular complexity index is 513. The third kappa shape index (κ3) is 2.17. The Labute approximate surface area is 105 Å². The van der Waals surface area contributed by atoms with Crippen molar-refractivity contribution in [1.82, 2.24) is 0 Å². The fraction of sp³-hybridized carbons (Fsp3) is 0.308. The maximum absolute atomic E-state index is 10.8. The molecule has 0 N–H and O–H groups in total. The fourth-order valence-electron chi connectivity index (χ4n) is 1.85. The fourth-order valence-corrected chi connectivity index (χ4v) is 1.85. The Balaban J connectivity index is 2.47. The van der Waals surface area contributed by atoms with Gasteiger partial charge in [0, 0.05) is 21.2 Å². The van der Waals surface area contributed by atoms with Gasteiger partial charge in [-0.1, -0.05) is 0 Å². The molecule has 0 amide bonds. The predicted molar refractivity (Wildman–Crippen MR) is 66.0 cm³/mol. The number of rotatable bonds is 5. The largest absolute Gasteiger partial charge is 0.466 e. The van der Waals surface area contributed by atoms with Gasteiger partial charge in [-0.05, 0) is 18.2 Å². The summed E-state index contributed by atoms with van der Waals surface area (Å²) in [6.07, 6.45) is 1.86. The van der Waals surface area contributed by atoms with Gasteiger partial charge in [0.1, 0.15) is 11.9 Å². The Morgan fingerprint density at radius 3 is 2.72 bits per heavy atom. The average molecular weight is 249 g/mol. The number of carbonyl (C=O) groups is 1. The molecule has 1 unspecified atom stereocenters. The number of hydrogen-bond donors (Lipinski definition) is 0. The number of hydrogen-bond acceptors (Lipinski definition) is 5. The van der Waals surface area contributed by atoms with Crippen LogP contribution in [-0.2, 0) is 4.74 Å². The lowest BCUT2D eigenvalue weighted by Gasteiger charge is -2.16. The Morgan fingerprint density at radius 2 is 2.22 bits per heavy atom. The topological polar surface area (TPSA) is 55.8 Å². The second-order valence-electron chi connectivity index (χ2n) is 4.05. The molecule has 0 saturated heterocycles. The summed E-state index contributed by atoms with van der Waals surface area (Å²) in [5.74, 6) is 1.52. The monoisotopic (exact) mass is 249 g/mol. The van der Waals surface area contributed by atoms with E-state index in [1.54, 1.807) is 30.4 Å². The van der Waals surface area contributed by atoms with Crippen LogP contribution >= 0.6 is 0 Å². The van der Waals surface area contributed by atoms with E-state index < -0.39 is 6.10 Å². The van der Waals surface area contributed by atoms with E-state index in [0.29, 0.717) is 17.9 Å². The van der Waals surface area contributed by atoms with Gasteiger partial charge < -0.3 is 18.5 Å². The van der Waals surface area contributed by atoms with Gasteiger partial charge >= 0.3 is 0 Å². The summed E-state index contributed by atoms with van der Waals surface area (Å²) < 4.78 is 16.2. The van der Waals surface area contributed by atoms with Crippen LogP contribution < -0.4 is 4.90 Å². The summed E-state index contributed by atoms with van der Waals surface area (Å²) in [7, 11) is 5.26. The van der Waals surface area contributed by atoms with Gasteiger partial charge in [-0.15, -0.1) is 0 Å². The number of anilines is 1. The molecule has 0 fully saturated rings. The summed E-state index contributed by atoms with van der Waals surface area (Å²) in [6.45, 7) is 0. The van der Waals surface area contributed by atoms with Crippen molar-refractivity contribution in [2.24, 2.45) is 0 Å². The van der Waals surface area contributed by atoms with Gasteiger partial charge in [0.15, 0.2) is 12.0 Å². The first-order valence-electron chi connectivity index (χ1n) is 5.49. The highest BCUT2D eigenvalue weighted by atomic mass is 16.5. The van der Waals surface area contributed by atoms with Crippen molar-refractivity contribution < 1.29 is 18.4 Å². The van der Waals surface area contributed by atoms with Gasteiger partial charge in [-0.3, -0.25) is 4.79 Å². The number of methoxy groups -OCH3 is 1. The van der Waals surface area contributed by atoms with Gasteiger partial charge in [0.2, 0.25) is 5.88 Å². The van der Waals surface area contributed by atoms with E-state index in [4.69, 9.17) is 13.6 Å². The Hall–Kier alpha value is -2.01. The predicted octanol–water partition coefficient (Wildman–Crippen LogP) is 2.49. The van der Waals surface area contributed by atoms with Gasteiger partial charge in [0.25, 0.3) is 0 Å². The smallest absolute Gasteiger partial charge is 0.202 e. The van der Waals surface area contributed by atoms with Gasteiger partial charge in [0.05, 0.1) is 11.8 Å². The zero-order valence-corrected chi connectivity index (χ0v) is 10.5. The number of aldehydes is 1. The zero-order chi connectivity index (χ0) is 13.1. The lowest BCUT2D eigenvalue weighted by atomic mass is 10.1. The standard InChI is InChI=1S/C13H15NO4/c1-14(2)13-10(7-9(8-15)18-13)12(16-3)11-5-4-6-17-11/h4-8,12H,1-3H3. The molecule has 5 nitrogen and oxygen atoms in total. The Morgan fingerprint density at radius 1 is 1.44 bits per heavy atom. The molecule has 2 aromatic rings. The van der Waals surface area contributed by atoms with Crippen molar-refractivity contribution in [1.29, 1.82) is 0 Å². The maximum atomic E-state index is 10.8. The molecule has 0 aliphatic heterocycles. The lowest BCUT2D eigenvalue weighted by molar-refractivity contribution is 0.110. The summed E-state index contributed by atoms with van der Waals surface area (Å²) in [5.41, 5.74) is 0.763. The van der Waals surface area contributed by atoms with E-state index in [-0.39, 0.29) is 5.76 Å². The van der Waals surface area contributed by atoms with Gasteiger partial charge in [-0.25, -0.2) is 0 Å². The van der Waals surface area contributed by atoms with Crippen molar-refractivity contribution in [3.05, 3.63) is 41.5 Å². The molecule has 2 heterocycles. The number of furan rings is 2. The van der Waals surface area contributed by atoms with Crippen LogP contribution in [0.4, 0.5) is 5.88 Å². The van der Waals surface area contributed by atoms with Crippen molar-refractivity contribution >= 4 is 12.2 Å². The SMILES string of the molecule is COC(c1ccco1)c1cc(C=O)oc1N(C)C. The van der Waals surface area contributed by atoms with E-state index in [9.17, 15) is 4.79 Å². The number of ether oxygens (including phenoxy) is 1. The molecular weight excluding hydrogens is 234 g/mol. The second kappa shape index (κ2) is 5.10. The van der Waals surface area contributed by atoms with E-state index in [0.717, 1.165) is 5.56 Å². The van der Waals surface area contributed by atoms with Crippen LogP contribution in [0.2, 0.25) is 0 Å². The van der Waals surface area contributed by atoms with Crippen LogP contribution in [0.5, 0.6) is 0 Å². The van der Waals surface area contributed by atoms with Crippen LogP contribution in [0.1, 0.15) is 28.0 Å². The van der Waals surface area contributed by atoms with Crippen LogP contribution in [0.15, 0.2) is 33.3 Å². The molecule has 96 valence electrons. The summed E-state index contributed by atoms with van der Waals surface area (Å²) in [4.78, 5) is 12.6. The first-order chi connectivity index (χ1) is 8.67. The zero-order valence-electron chi connectivity index (χ0n) is 10.5. The summed E-state index contributed by atoms with van der Waals surface area (Å²) in [5, 5.41) is 0. The molecule has 0 bridgehead atoms. The molecular formula is C13H15NO4. The number of nitrogens with zero attached hydrogens (tertiary/aromatic N) is 1. The van der Waals surface area contributed by atoms with Crippen LogP contribution in [0.25, 0.3) is 0 Å². The molecule has 2 rings (SSSR count). The minimum absolute atomic E-state index is 0.266. The Kier molecular flexibility index (Phi) is 3.53. The third-order valence-corrected chi connectivity index (χ3v) is 2.60. The van der Waals surface area contributed by atoms with Crippen LogP contribution in [-0.4, -0.2) is 27.5 Å². The second-order valence-corrected chi connectivity index (χ2v) is 4.05. The molecule has 0 radical (unpaired) electrons. The van der Waals surface area contributed by atoms with Crippen molar-refractivity contribution in [3.63, 3.8) is 0 Å². The van der Waals surface area contributed by atoms with E-state index in [2.05, 4.69) is 0 Å². The molecule has 2 aromatic heterocycles. The molecule has 0 aromatic carbocycles. The average Bonchev–Trinajstić information content (AvgIpc) is 2.99. The van der Waals surface area contributed by atoms with E-state index >= 15 is 0 Å². The molecule has 0 aliphatic rings. The molecule has 0 saturated carbocycles.